The second kappa shape index (κ2) is 6.51. The zero-order valence-corrected chi connectivity index (χ0v) is 15.5. The number of nitrogens with zero attached hydrogens (tertiary/aromatic N) is 1. The van der Waals surface area contributed by atoms with Crippen LogP contribution >= 0.6 is 0 Å². The molecule has 0 unspecified atom stereocenters. The van der Waals surface area contributed by atoms with E-state index in [1.54, 1.807) is 13.8 Å². The number of primary amides is 1. The van der Waals surface area contributed by atoms with Gasteiger partial charge in [-0.05, 0) is 43.2 Å². The number of nitro groups is 1. The first-order valence-electron chi connectivity index (χ1n) is 8.00. The number of amides is 1. The number of hydrogen-bond acceptors (Lipinski definition) is 5. The van der Waals surface area contributed by atoms with E-state index in [4.69, 9.17) is 5.73 Å². The number of carbonyl (C=O) groups excluding carboxylic acids is 1. The number of hydrogen-bond donors (Lipinski definition) is 2. The summed E-state index contributed by atoms with van der Waals surface area (Å²) in [6, 6.07) is 8.74. The van der Waals surface area contributed by atoms with Crippen LogP contribution in [0.5, 0.6) is 0 Å². The first-order valence-corrected chi connectivity index (χ1v) is 9.48. The lowest BCUT2D eigenvalue weighted by Gasteiger charge is -2.08. The molecule has 0 saturated heterocycles. The van der Waals surface area contributed by atoms with Gasteiger partial charge in [-0.3, -0.25) is 14.9 Å². The Morgan fingerprint density at radius 2 is 1.78 bits per heavy atom. The van der Waals surface area contributed by atoms with Crippen molar-refractivity contribution in [1.29, 1.82) is 0 Å². The van der Waals surface area contributed by atoms with Crippen molar-refractivity contribution in [3.63, 3.8) is 0 Å². The Labute approximate surface area is 155 Å². The maximum atomic E-state index is 13.4. The number of aryl methyl sites for hydroxylation is 2. The number of benzene rings is 2. The Kier molecular flexibility index (Phi) is 4.48. The molecule has 0 aliphatic carbocycles. The van der Waals surface area contributed by atoms with Crippen LogP contribution in [0, 0.1) is 24.0 Å². The standard InChI is InChI=1S/C18H17N3O5S/c1-10-5-11(2)7-13(6-10)27(25,26)18-14-8-12(21(23)24)3-4-15(14)20-16(18)9-17(19)22/h3-8,20H,9H2,1-2H3,(H2,19,22). The number of rotatable bonds is 5. The SMILES string of the molecule is Cc1cc(C)cc(S(=O)(=O)c2c(CC(N)=O)[nH]c3ccc([N+](=O)[O-])cc23)c1. The smallest absolute Gasteiger partial charge is 0.270 e. The van der Waals surface area contributed by atoms with Crippen LogP contribution in [0.3, 0.4) is 0 Å². The molecule has 3 N–H and O–H groups in total. The Morgan fingerprint density at radius 3 is 2.33 bits per heavy atom. The molecule has 140 valence electrons. The van der Waals surface area contributed by atoms with Crippen molar-refractivity contribution in [2.75, 3.05) is 0 Å². The van der Waals surface area contributed by atoms with Gasteiger partial charge < -0.3 is 10.7 Å². The number of non-ortho nitro benzene ring substituents is 1. The predicted octanol–water partition coefficient (Wildman–Crippen LogP) is 2.55. The minimum Gasteiger partial charge on any atom is -0.369 e. The van der Waals surface area contributed by atoms with E-state index in [1.165, 1.54) is 30.3 Å². The topological polar surface area (TPSA) is 136 Å². The highest BCUT2D eigenvalue weighted by atomic mass is 32.2. The Balaban J connectivity index is 2.37. The van der Waals surface area contributed by atoms with E-state index in [-0.39, 0.29) is 33.0 Å². The molecule has 27 heavy (non-hydrogen) atoms. The highest BCUT2D eigenvalue weighted by Crippen LogP contribution is 2.34. The number of H-pyrrole nitrogens is 1. The highest BCUT2D eigenvalue weighted by Gasteiger charge is 2.28. The average molecular weight is 387 g/mol. The van der Waals surface area contributed by atoms with Gasteiger partial charge in [0, 0.05) is 28.7 Å². The van der Waals surface area contributed by atoms with Gasteiger partial charge in [0.05, 0.1) is 16.2 Å². The van der Waals surface area contributed by atoms with E-state index in [2.05, 4.69) is 4.98 Å². The molecule has 1 heterocycles. The highest BCUT2D eigenvalue weighted by molar-refractivity contribution is 7.91. The van der Waals surface area contributed by atoms with Crippen molar-refractivity contribution in [3.05, 3.63) is 63.3 Å². The first-order chi connectivity index (χ1) is 12.6. The summed E-state index contributed by atoms with van der Waals surface area (Å²) in [5, 5.41) is 11.3. The van der Waals surface area contributed by atoms with E-state index in [0.717, 1.165) is 11.1 Å². The fraction of sp³-hybridized carbons (Fsp3) is 0.167. The summed E-state index contributed by atoms with van der Waals surface area (Å²) >= 11 is 0. The maximum absolute atomic E-state index is 13.4. The molecule has 0 saturated carbocycles. The molecular weight excluding hydrogens is 370 g/mol. The number of nitrogens with two attached hydrogens (primary N) is 1. The second-order valence-corrected chi connectivity index (χ2v) is 8.28. The molecule has 0 aliphatic rings. The monoisotopic (exact) mass is 387 g/mol. The zero-order valence-electron chi connectivity index (χ0n) is 14.6. The summed E-state index contributed by atoms with van der Waals surface area (Å²) < 4.78 is 26.7. The Bertz CT molecular complexity index is 1170. The molecule has 0 radical (unpaired) electrons. The third-order valence-corrected chi connectivity index (χ3v) is 6.00. The molecule has 1 aromatic heterocycles. The Hall–Kier alpha value is -3.20. The van der Waals surface area contributed by atoms with Crippen LogP contribution in [0.2, 0.25) is 0 Å². The van der Waals surface area contributed by atoms with Crippen LogP contribution in [-0.4, -0.2) is 24.2 Å². The van der Waals surface area contributed by atoms with Gasteiger partial charge >= 0.3 is 0 Å². The van der Waals surface area contributed by atoms with Crippen LogP contribution in [0.4, 0.5) is 5.69 Å². The number of sulfone groups is 1. The molecule has 8 nitrogen and oxygen atoms in total. The van der Waals surface area contributed by atoms with Gasteiger partial charge in [0.15, 0.2) is 0 Å². The molecule has 3 aromatic rings. The molecule has 1 amide bonds. The van der Waals surface area contributed by atoms with Gasteiger partial charge in [-0.2, -0.15) is 0 Å². The largest absolute Gasteiger partial charge is 0.369 e. The quantitative estimate of drug-likeness (QED) is 0.512. The lowest BCUT2D eigenvalue weighted by atomic mass is 10.2. The molecule has 9 heteroatoms. The van der Waals surface area contributed by atoms with E-state index in [1.807, 2.05) is 6.07 Å². The molecule has 0 bridgehead atoms. The first kappa shape index (κ1) is 18.6. The number of aromatic amines is 1. The predicted molar refractivity (Wildman–Crippen MR) is 99.2 cm³/mol. The van der Waals surface area contributed by atoms with Crippen molar-refractivity contribution in [2.24, 2.45) is 5.73 Å². The number of aromatic nitrogens is 1. The van der Waals surface area contributed by atoms with Gasteiger partial charge in [0.1, 0.15) is 4.90 Å². The molecule has 0 aliphatic heterocycles. The molecule has 0 spiro atoms. The normalized spacial score (nSPS) is 11.6. The van der Waals surface area contributed by atoms with Crippen LogP contribution in [-0.2, 0) is 21.1 Å². The third kappa shape index (κ3) is 3.41. The van der Waals surface area contributed by atoms with E-state index in [0.29, 0.717) is 5.52 Å². The van der Waals surface area contributed by atoms with Crippen LogP contribution in [0.25, 0.3) is 10.9 Å². The number of fused-ring (bicyclic) bond motifs is 1. The number of nitro benzene ring substituents is 1. The summed E-state index contributed by atoms with van der Waals surface area (Å²) in [7, 11) is -4.05. The maximum Gasteiger partial charge on any atom is 0.270 e. The zero-order chi connectivity index (χ0) is 19.9. The van der Waals surface area contributed by atoms with Gasteiger partial charge in [-0.1, -0.05) is 6.07 Å². The second-order valence-electron chi connectivity index (χ2n) is 6.39. The molecule has 0 atom stereocenters. The number of nitrogens with one attached hydrogen (secondary N) is 1. The summed E-state index contributed by atoms with van der Waals surface area (Å²) in [4.78, 5) is 24.7. The average Bonchev–Trinajstić information content (AvgIpc) is 2.90. The lowest BCUT2D eigenvalue weighted by molar-refractivity contribution is -0.384. The van der Waals surface area contributed by atoms with Gasteiger partial charge in [0.25, 0.3) is 5.69 Å². The van der Waals surface area contributed by atoms with Crippen LogP contribution in [0.15, 0.2) is 46.2 Å². The molecule has 2 aromatic carbocycles. The summed E-state index contributed by atoms with van der Waals surface area (Å²) in [6.45, 7) is 3.55. The minimum absolute atomic E-state index is 0.0538. The van der Waals surface area contributed by atoms with Crippen LogP contribution in [0.1, 0.15) is 16.8 Å². The fourth-order valence-electron chi connectivity index (χ4n) is 3.14. The van der Waals surface area contributed by atoms with E-state index in [9.17, 15) is 23.3 Å². The summed E-state index contributed by atoms with van der Waals surface area (Å²) in [5.74, 6) is -0.715. The summed E-state index contributed by atoms with van der Waals surface area (Å²) in [6.07, 6.45) is -0.332. The minimum atomic E-state index is -4.05. The van der Waals surface area contributed by atoms with Crippen molar-refractivity contribution in [1.82, 2.24) is 4.98 Å². The van der Waals surface area contributed by atoms with E-state index >= 15 is 0 Å². The van der Waals surface area contributed by atoms with Crippen LogP contribution < -0.4 is 5.73 Å². The van der Waals surface area contributed by atoms with E-state index < -0.39 is 20.7 Å². The molecule has 0 fully saturated rings. The molecular formula is C18H17N3O5S. The van der Waals surface area contributed by atoms with Gasteiger partial charge in [-0.25, -0.2) is 8.42 Å². The van der Waals surface area contributed by atoms with Crippen molar-refractivity contribution < 1.29 is 18.1 Å². The fourth-order valence-corrected chi connectivity index (χ4v) is 4.96. The number of carbonyl (C=O) groups is 1. The third-order valence-electron chi connectivity index (χ3n) is 4.14. The van der Waals surface area contributed by atoms with Gasteiger partial charge in [0.2, 0.25) is 15.7 Å². The van der Waals surface area contributed by atoms with Gasteiger partial charge in [-0.15, -0.1) is 0 Å². The van der Waals surface area contributed by atoms with Crippen molar-refractivity contribution in [2.45, 2.75) is 30.1 Å². The Morgan fingerprint density at radius 1 is 1.15 bits per heavy atom. The lowest BCUT2D eigenvalue weighted by Crippen LogP contribution is -2.16. The van der Waals surface area contributed by atoms with Crippen molar-refractivity contribution >= 4 is 32.3 Å². The summed E-state index contributed by atoms with van der Waals surface area (Å²) in [5.41, 5.74) is 7.02. The molecule has 3 rings (SSSR count). The van der Waals surface area contributed by atoms with Crippen molar-refractivity contribution in [3.8, 4) is 0 Å².